The van der Waals surface area contributed by atoms with Gasteiger partial charge in [0, 0.05) is 11.1 Å². The van der Waals surface area contributed by atoms with Crippen molar-refractivity contribution >= 4 is 40.5 Å². The molecule has 0 fully saturated rings. The Hall–Kier alpha value is -3.07. The molecule has 0 unspecified atom stereocenters. The number of amides is 1. The molecule has 0 radical (unpaired) electrons. The molecule has 7 nitrogen and oxygen atoms in total. The lowest BCUT2D eigenvalue weighted by atomic mass is 10.1. The topological polar surface area (TPSA) is 93.0 Å². The van der Waals surface area contributed by atoms with Crippen LogP contribution in [0.1, 0.15) is 16.1 Å². The van der Waals surface area contributed by atoms with Crippen LogP contribution in [0.3, 0.4) is 0 Å². The van der Waals surface area contributed by atoms with E-state index in [-0.39, 0.29) is 11.7 Å². The van der Waals surface area contributed by atoms with Crippen molar-refractivity contribution in [1.29, 1.82) is 0 Å². The Morgan fingerprint density at radius 2 is 1.87 bits per heavy atom. The number of carbonyl (C=O) groups excluding carboxylic acids is 1. The van der Waals surface area contributed by atoms with Crippen LogP contribution in [0.2, 0.25) is 5.02 Å². The summed E-state index contributed by atoms with van der Waals surface area (Å²) in [7, 11) is 0. The Kier molecular flexibility index (Phi) is 5.89. The maximum atomic E-state index is 12.5. The number of aliphatic hydroxyl groups excluding tert-OH is 1. The van der Waals surface area contributed by atoms with Crippen molar-refractivity contribution in [3.63, 3.8) is 0 Å². The number of hydrogen-bond acceptors (Lipinski definition) is 6. The number of carbonyl (C=O) groups is 1. The fourth-order valence-corrected chi connectivity index (χ4v) is 3.27. The zero-order valence-corrected chi connectivity index (χ0v) is 17.2. The van der Waals surface area contributed by atoms with Gasteiger partial charge in [-0.1, -0.05) is 11.6 Å². The summed E-state index contributed by atoms with van der Waals surface area (Å²) in [4.78, 5) is 12.5. The molecule has 0 bridgehead atoms. The third kappa shape index (κ3) is 4.40. The minimum Gasteiger partial charge on any atom is -0.486 e. The molecule has 3 N–H and O–H groups in total. The van der Waals surface area contributed by atoms with E-state index in [1.807, 2.05) is 0 Å². The van der Waals surface area contributed by atoms with Gasteiger partial charge in [0.15, 0.2) is 16.6 Å². The Balaban J connectivity index is 1.46. The third-order valence-electron chi connectivity index (χ3n) is 4.35. The number of thiocarbonyl (C=S) groups is 1. The summed E-state index contributed by atoms with van der Waals surface area (Å²) in [5.74, 6) is 1.76. The number of rotatable bonds is 4. The van der Waals surface area contributed by atoms with Crippen LogP contribution >= 0.6 is 23.8 Å². The van der Waals surface area contributed by atoms with Crippen LogP contribution in [-0.4, -0.2) is 29.3 Å². The molecule has 154 valence electrons. The molecular formula is C21H17ClN2O5S. The second-order valence-electron chi connectivity index (χ2n) is 6.39. The number of aliphatic hydroxyl groups is 1. The summed E-state index contributed by atoms with van der Waals surface area (Å²) in [6.45, 7) is 0.725. The predicted molar refractivity (Wildman–Crippen MR) is 116 cm³/mol. The highest BCUT2D eigenvalue weighted by Gasteiger charge is 2.16. The first-order valence-corrected chi connectivity index (χ1v) is 9.83. The summed E-state index contributed by atoms with van der Waals surface area (Å²) in [6.07, 6.45) is 0. The number of fused-ring (bicyclic) bond motifs is 1. The van der Waals surface area contributed by atoms with Gasteiger partial charge in [-0.25, -0.2) is 0 Å². The van der Waals surface area contributed by atoms with E-state index < -0.39 is 5.91 Å². The van der Waals surface area contributed by atoms with Crippen molar-refractivity contribution in [3.05, 3.63) is 64.9 Å². The van der Waals surface area contributed by atoms with Gasteiger partial charge >= 0.3 is 0 Å². The van der Waals surface area contributed by atoms with Gasteiger partial charge in [-0.15, -0.1) is 0 Å². The van der Waals surface area contributed by atoms with Gasteiger partial charge in [-0.2, -0.15) is 0 Å². The smallest absolute Gasteiger partial charge is 0.257 e. The van der Waals surface area contributed by atoms with E-state index in [4.69, 9.17) is 42.8 Å². The first-order chi connectivity index (χ1) is 14.5. The molecule has 0 spiro atoms. The van der Waals surface area contributed by atoms with Crippen molar-refractivity contribution < 1.29 is 23.8 Å². The summed E-state index contributed by atoms with van der Waals surface area (Å²) in [6, 6.07) is 13.6. The first kappa shape index (κ1) is 20.2. The molecule has 1 aliphatic heterocycles. The van der Waals surface area contributed by atoms with Crippen LogP contribution in [-0.2, 0) is 6.61 Å². The van der Waals surface area contributed by atoms with Crippen molar-refractivity contribution in [2.45, 2.75) is 6.61 Å². The second kappa shape index (κ2) is 8.74. The molecule has 0 aliphatic carbocycles. The van der Waals surface area contributed by atoms with Crippen LogP contribution < -0.4 is 20.1 Å². The molecule has 3 aromatic rings. The Bertz CT molecular complexity index is 1110. The van der Waals surface area contributed by atoms with Crippen LogP contribution in [0, 0.1) is 0 Å². The van der Waals surface area contributed by atoms with Gasteiger partial charge in [-0.3, -0.25) is 10.1 Å². The quantitative estimate of drug-likeness (QED) is 0.524. The zero-order chi connectivity index (χ0) is 21.1. The van der Waals surface area contributed by atoms with Crippen LogP contribution in [0.15, 0.2) is 52.9 Å². The van der Waals surface area contributed by atoms with E-state index in [0.29, 0.717) is 52.5 Å². The molecule has 9 heteroatoms. The number of benzene rings is 2. The van der Waals surface area contributed by atoms with E-state index in [9.17, 15) is 4.79 Å². The normalized spacial score (nSPS) is 12.3. The monoisotopic (exact) mass is 444 g/mol. The summed E-state index contributed by atoms with van der Waals surface area (Å²) < 4.78 is 16.5. The average molecular weight is 445 g/mol. The Morgan fingerprint density at radius 1 is 1.07 bits per heavy atom. The van der Waals surface area contributed by atoms with Crippen molar-refractivity contribution in [3.8, 4) is 22.8 Å². The molecule has 4 rings (SSSR count). The van der Waals surface area contributed by atoms with Crippen LogP contribution in [0.25, 0.3) is 11.3 Å². The predicted octanol–water partition coefficient (Wildman–Crippen LogP) is 3.99. The first-order valence-electron chi connectivity index (χ1n) is 9.05. The fourth-order valence-electron chi connectivity index (χ4n) is 2.91. The summed E-state index contributed by atoms with van der Waals surface area (Å²) in [5.41, 5.74) is 1.63. The highest BCUT2D eigenvalue weighted by Crippen LogP contribution is 2.31. The lowest BCUT2D eigenvalue weighted by Gasteiger charge is -2.18. The molecule has 2 aromatic carbocycles. The standard InChI is InChI=1S/C21H17ClN2O5S/c22-15-4-1-12(17-6-3-14(11-25)29-17)9-16(15)23-21(30)24-20(26)13-2-5-18-19(10-13)28-8-7-27-18/h1-6,9-10,25H,7-8,11H2,(H2,23,24,26,30). The average Bonchev–Trinajstić information content (AvgIpc) is 3.24. The second-order valence-corrected chi connectivity index (χ2v) is 7.20. The minimum absolute atomic E-state index is 0.0874. The molecule has 30 heavy (non-hydrogen) atoms. The van der Waals surface area contributed by atoms with E-state index in [0.717, 1.165) is 5.56 Å². The SMILES string of the molecule is O=C(NC(=S)Nc1cc(-c2ccc(CO)o2)ccc1Cl)c1ccc2c(c1)OCCO2. The van der Waals surface area contributed by atoms with Gasteiger partial charge < -0.3 is 24.3 Å². The number of ether oxygens (including phenoxy) is 2. The van der Waals surface area contributed by atoms with E-state index in [2.05, 4.69) is 10.6 Å². The van der Waals surface area contributed by atoms with Crippen LogP contribution in [0.5, 0.6) is 11.5 Å². The molecule has 0 atom stereocenters. The molecule has 0 saturated heterocycles. The highest BCUT2D eigenvalue weighted by molar-refractivity contribution is 7.80. The summed E-state index contributed by atoms with van der Waals surface area (Å²) >= 11 is 11.5. The number of halogens is 1. The van der Waals surface area contributed by atoms with Crippen molar-refractivity contribution in [1.82, 2.24) is 5.32 Å². The maximum absolute atomic E-state index is 12.5. The van der Waals surface area contributed by atoms with E-state index in [1.54, 1.807) is 48.5 Å². The molecular weight excluding hydrogens is 428 g/mol. The number of furan rings is 1. The number of anilines is 1. The van der Waals surface area contributed by atoms with Gasteiger partial charge in [0.05, 0.1) is 10.7 Å². The molecule has 1 amide bonds. The molecule has 1 aliphatic rings. The van der Waals surface area contributed by atoms with Gasteiger partial charge in [0.25, 0.3) is 5.91 Å². The minimum atomic E-state index is -0.393. The van der Waals surface area contributed by atoms with Gasteiger partial charge in [0.1, 0.15) is 31.3 Å². The Morgan fingerprint density at radius 3 is 2.63 bits per heavy atom. The van der Waals surface area contributed by atoms with E-state index in [1.165, 1.54) is 0 Å². The lowest BCUT2D eigenvalue weighted by molar-refractivity contribution is 0.0976. The van der Waals surface area contributed by atoms with Crippen LogP contribution in [0.4, 0.5) is 5.69 Å². The Labute approximate surface area is 182 Å². The number of nitrogens with one attached hydrogen (secondary N) is 2. The van der Waals surface area contributed by atoms with Gasteiger partial charge in [-0.05, 0) is 60.7 Å². The lowest BCUT2D eigenvalue weighted by Crippen LogP contribution is -2.34. The van der Waals surface area contributed by atoms with Crippen molar-refractivity contribution in [2.24, 2.45) is 0 Å². The number of hydrogen-bond donors (Lipinski definition) is 3. The maximum Gasteiger partial charge on any atom is 0.257 e. The fraction of sp³-hybridized carbons (Fsp3) is 0.143. The summed E-state index contributed by atoms with van der Waals surface area (Å²) in [5, 5.41) is 15.2. The van der Waals surface area contributed by atoms with Crippen molar-refractivity contribution in [2.75, 3.05) is 18.5 Å². The van der Waals surface area contributed by atoms with E-state index >= 15 is 0 Å². The third-order valence-corrected chi connectivity index (χ3v) is 4.88. The molecule has 2 heterocycles. The largest absolute Gasteiger partial charge is 0.486 e. The van der Waals surface area contributed by atoms with Gasteiger partial charge in [0.2, 0.25) is 0 Å². The highest BCUT2D eigenvalue weighted by atomic mass is 35.5. The molecule has 1 aromatic heterocycles. The molecule has 0 saturated carbocycles. The zero-order valence-electron chi connectivity index (χ0n) is 15.6.